The lowest BCUT2D eigenvalue weighted by atomic mass is 9.97. The number of allylic oxidation sites excluding steroid dienone is 2. The van der Waals surface area contributed by atoms with Crippen molar-refractivity contribution in [1.82, 2.24) is 10.3 Å². The highest BCUT2D eigenvalue weighted by Gasteiger charge is 2.11. The van der Waals surface area contributed by atoms with Crippen LogP contribution in [0.2, 0.25) is 0 Å². The Morgan fingerprint density at radius 3 is 2.65 bits per heavy atom. The molecule has 1 aliphatic heterocycles. The summed E-state index contributed by atoms with van der Waals surface area (Å²) in [7, 11) is 0. The molecule has 0 unspecified atom stereocenters. The number of aliphatic imine (C=N–C) groups is 1. The molecular weight excluding hydrogens is 246 g/mol. The highest BCUT2D eigenvalue weighted by atomic mass is 14.9. The van der Waals surface area contributed by atoms with Gasteiger partial charge in [-0.2, -0.15) is 0 Å². The van der Waals surface area contributed by atoms with Gasteiger partial charge in [-0.05, 0) is 37.1 Å². The van der Waals surface area contributed by atoms with Gasteiger partial charge in [0.2, 0.25) is 0 Å². The molecule has 0 saturated heterocycles. The first-order chi connectivity index (χ1) is 9.92. The third-order valence-corrected chi connectivity index (χ3v) is 4.11. The van der Waals surface area contributed by atoms with Crippen LogP contribution in [-0.4, -0.2) is 16.7 Å². The third-order valence-electron chi connectivity index (χ3n) is 4.11. The summed E-state index contributed by atoms with van der Waals surface area (Å²) in [6, 6.07) is 4.68. The van der Waals surface area contributed by atoms with Gasteiger partial charge in [-0.25, -0.2) is 4.99 Å². The maximum absolute atomic E-state index is 4.63. The Balaban J connectivity index is 1.58. The van der Waals surface area contributed by atoms with Gasteiger partial charge in [0.25, 0.3) is 0 Å². The van der Waals surface area contributed by atoms with E-state index in [1.54, 1.807) is 0 Å². The van der Waals surface area contributed by atoms with E-state index >= 15 is 0 Å². The van der Waals surface area contributed by atoms with Crippen molar-refractivity contribution in [2.75, 3.05) is 0 Å². The molecule has 0 amide bonds. The number of aromatic amines is 1. The highest BCUT2D eigenvalue weighted by molar-refractivity contribution is 6.09. The maximum Gasteiger partial charge on any atom is 0.0872 e. The SMILES string of the molecule is C1=C/C(=C\NC2CCCCCCC2)N=C1c1ccc[nH]1. The first-order valence-corrected chi connectivity index (χ1v) is 7.78. The lowest BCUT2D eigenvalue weighted by Crippen LogP contribution is -2.25. The van der Waals surface area contributed by atoms with E-state index in [-0.39, 0.29) is 0 Å². The van der Waals surface area contributed by atoms with E-state index in [0.717, 1.165) is 17.1 Å². The Morgan fingerprint density at radius 1 is 1.10 bits per heavy atom. The van der Waals surface area contributed by atoms with Crippen LogP contribution in [0.25, 0.3) is 0 Å². The minimum absolute atomic E-state index is 0.626. The minimum Gasteiger partial charge on any atom is -0.386 e. The zero-order valence-electron chi connectivity index (χ0n) is 11.9. The Bertz CT molecular complexity index is 500. The van der Waals surface area contributed by atoms with Gasteiger partial charge in [0.05, 0.1) is 17.1 Å². The van der Waals surface area contributed by atoms with Crippen molar-refractivity contribution in [3.8, 4) is 0 Å². The van der Waals surface area contributed by atoms with E-state index in [4.69, 9.17) is 0 Å². The third kappa shape index (κ3) is 3.41. The smallest absolute Gasteiger partial charge is 0.0872 e. The van der Waals surface area contributed by atoms with Crippen LogP contribution in [-0.2, 0) is 0 Å². The topological polar surface area (TPSA) is 40.2 Å². The molecule has 2 heterocycles. The van der Waals surface area contributed by atoms with Gasteiger partial charge in [-0.3, -0.25) is 0 Å². The minimum atomic E-state index is 0.626. The van der Waals surface area contributed by atoms with Crippen LogP contribution >= 0.6 is 0 Å². The molecule has 0 radical (unpaired) electrons. The van der Waals surface area contributed by atoms with Crippen molar-refractivity contribution >= 4 is 5.71 Å². The summed E-state index contributed by atoms with van der Waals surface area (Å²) in [6.45, 7) is 0. The molecule has 0 bridgehead atoms. The largest absolute Gasteiger partial charge is 0.386 e. The first-order valence-electron chi connectivity index (χ1n) is 7.78. The van der Waals surface area contributed by atoms with Crippen molar-refractivity contribution in [2.24, 2.45) is 4.99 Å². The molecule has 0 atom stereocenters. The Labute approximate surface area is 120 Å². The van der Waals surface area contributed by atoms with Gasteiger partial charge in [0.15, 0.2) is 0 Å². The Hall–Kier alpha value is -1.77. The average molecular weight is 269 g/mol. The van der Waals surface area contributed by atoms with Crippen LogP contribution in [0.5, 0.6) is 0 Å². The second-order valence-electron chi connectivity index (χ2n) is 5.69. The molecule has 2 N–H and O–H groups in total. The van der Waals surface area contributed by atoms with Gasteiger partial charge in [0.1, 0.15) is 0 Å². The van der Waals surface area contributed by atoms with E-state index in [0.29, 0.717) is 6.04 Å². The van der Waals surface area contributed by atoms with Crippen LogP contribution < -0.4 is 5.32 Å². The molecule has 20 heavy (non-hydrogen) atoms. The van der Waals surface area contributed by atoms with Crippen molar-refractivity contribution < 1.29 is 0 Å². The summed E-state index contributed by atoms with van der Waals surface area (Å²) in [6.07, 6.45) is 17.7. The van der Waals surface area contributed by atoms with Crippen LogP contribution in [0.4, 0.5) is 0 Å². The normalized spacial score (nSPS) is 22.6. The lowest BCUT2D eigenvalue weighted by Gasteiger charge is -2.19. The van der Waals surface area contributed by atoms with Gasteiger partial charge in [-0.1, -0.05) is 32.1 Å². The van der Waals surface area contributed by atoms with Crippen molar-refractivity contribution in [1.29, 1.82) is 0 Å². The number of hydrogen-bond acceptors (Lipinski definition) is 2. The zero-order chi connectivity index (χ0) is 13.6. The fraction of sp³-hybridized carbons (Fsp3) is 0.471. The molecule has 3 nitrogen and oxygen atoms in total. The summed E-state index contributed by atoms with van der Waals surface area (Å²) >= 11 is 0. The van der Waals surface area contributed by atoms with Crippen molar-refractivity contribution in [3.05, 3.63) is 48.1 Å². The lowest BCUT2D eigenvalue weighted by molar-refractivity contribution is 0.419. The summed E-state index contributed by atoms with van der Waals surface area (Å²) in [5.41, 5.74) is 3.12. The number of rotatable bonds is 3. The maximum atomic E-state index is 4.63. The predicted molar refractivity (Wildman–Crippen MR) is 83.8 cm³/mol. The molecule has 3 rings (SSSR count). The van der Waals surface area contributed by atoms with Crippen LogP contribution in [0.1, 0.15) is 50.6 Å². The van der Waals surface area contributed by atoms with Crippen LogP contribution in [0.15, 0.2) is 47.4 Å². The standard InChI is InChI=1S/C17H23N3/c1-2-4-7-14(8-5-3-1)19-13-15-10-11-17(20-15)16-9-6-12-18-16/h6,9-14,18-19H,1-5,7-8H2/b15-13+. The van der Waals surface area contributed by atoms with E-state index < -0.39 is 0 Å². The summed E-state index contributed by atoms with van der Waals surface area (Å²) in [5.74, 6) is 0. The molecule has 106 valence electrons. The quantitative estimate of drug-likeness (QED) is 0.858. The Kier molecular flexibility index (Phi) is 4.36. The fourth-order valence-corrected chi connectivity index (χ4v) is 2.92. The summed E-state index contributed by atoms with van der Waals surface area (Å²) in [5, 5.41) is 3.57. The monoisotopic (exact) mass is 269 g/mol. The Morgan fingerprint density at radius 2 is 1.90 bits per heavy atom. The molecular formula is C17H23N3. The molecule has 1 aromatic rings. The predicted octanol–water partition coefficient (Wildman–Crippen LogP) is 3.92. The molecule has 1 fully saturated rings. The van der Waals surface area contributed by atoms with E-state index in [9.17, 15) is 0 Å². The summed E-state index contributed by atoms with van der Waals surface area (Å²) in [4.78, 5) is 7.82. The van der Waals surface area contributed by atoms with Gasteiger partial charge in [0, 0.05) is 18.4 Å². The molecule has 1 aliphatic carbocycles. The van der Waals surface area contributed by atoms with E-state index in [1.165, 1.54) is 44.9 Å². The number of nitrogens with zero attached hydrogens (tertiary/aromatic N) is 1. The molecule has 3 heteroatoms. The molecule has 1 saturated carbocycles. The molecule has 0 aromatic carbocycles. The van der Waals surface area contributed by atoms with Crippen molar-refractivity contribution in [3.63, 3.8) is 0 Å². The molecule has 2 aliphatic rings. The second kappa shape index (κ2) is 6.60. The van der Waals surface area contributed by atoms with Gasteiger partial charge in [-0.15, -0.1) is 0 Å². The first kappa shape index (κ1) is 13.2. The fourth-order valence-electron chi connectivity index (χ4n) is 2.92. The van der Waals surface area contributed by atoms with Gasteiger partial charge >= 0.3 is 0 Å². The number of nitrogens with one attached hydrogen (secondary N) is 2. The molecule has 0 spiro atoms. The van der Waals surface area contributed by atoms with Gasteiger partial charge < -0.3 is 10.3 Å². The molecule has 1 aromatic heterocycles. The highest BCUT2D eigenvalue weighted by Crippen LogP contribution is 2.18. The number of H-pyrrole nitrogens is 1. The second-order valence-corrected chi connectivity index (χ2v) is 5.69. The van der Waals surface area contributed by atoms with Crippen molar-refractivity contribution in [2.45, 2.75) is 51.0 Å². The summed E-state index contributed by atoms with van der Waals surface area (Å²) < 4.78 is 0. The van der Waals surface area contributed by atoms with E-state index in [1.807, 2.05) is 18.3 Å². The van der Waals surface area contributed by atoms with E-state index in [2.05, 4.69) is 33.6 Å². The number of hydrogen-bond donors (Lipinski definition) is 2. The number of aromatic nitrogens is 1. The van der Waals surface area contributed by atoms with Crippen LogP contribution in [0, 0.1) is 0 Å². The average Bonchev–Trinajstić information content (AvgIpc) is 3.08. The zero-order valence-corrected chi connectivity index (χ0v) is 11.9. The van der Waals surface area contributed by atoms with Crippen LogP contribution in [0.3, 0.4) is 0 Å².